The van der Waals surface area contributed by atoms with Crippen molar-refractivity contribution in [1.29, 1.82) is 0 Å². The molecular formula is C11H8F3NO3. The Balaban J connectivity index is 2.44. The summed E-state index contributed by atoms with van der Waals surface area (Å²) in [5.41, 5.74) is 0.227. The summed E-state index contributed by atoms with van der Waals surface area (Å²) >= 11 is 0. The lowest BCUT2D eigenvalue weighted by Gasteiger charge is -2.18. The highest BCUT2D eigenvalue weighted by Crippen LogP contribution is 2.33. The minimum absolute atomic E-state index is 0.0252. The summed E-state index contributed by atoms with van der Waals surface area (Å²) in [5, 5.41) is 8.91. The molecule has 0 spiro atoms. The molecule has 0 aliphatic carbocycles. The second-order valence-electron chi connectivity index (χ2n) is 3.81. The van der Waals surface area contributed by atoms with Crippen LogP contribution in [-0.2, 0) is 11.2 Å². The minimum atomic E-state index is -4.96. The van der Waals surface area contributed by atoms with E-state index in [0.29, 0.717) is 4.90 Å². The second-order valence-corrected chi connectivity index (χ2v) is 3.81. The molecule has 7 heteroatoms. The Morgan fingerprint density at radius 1 is 1.28 bits per heavy atom. The van der Waals surface area contributed by atoms with Gasteiger partial charge < -0.3 is 10.0 Å². The first-order valence-corrected chi connectivity index (χ1v) is 5.06. The molecule has 0 bridgehead atoms. The van der Waals surface area contributed by atoms with E-state index in [9.17, 15) is 22.8 Å². The number of fused-ring (bicyclic) bond motifs is 1. The van der Waals surface area contributed by atoms with Gasteiger partial charge in [0.05, 0.1) is 5.56 Å². The first-order chi connectivity index (χ1) is 8.32. The van der Waals surface area contributed by atoms with Crippen LogP contribution in [0.25, 0.3) is 0 Å². The van der Waals surface area contributed by atoms with Gasteiger partial charge in [0.25, 0.3) is 0 Å². The maximum Gasteiger partial charge on any atom is 0.471 e. The molecule has 4 nitrogen and oxygen atoms in total. The lowest BCUT2D eigenvalue weighted by molar-refractivity contribution is -0.170. The van der Waals surface area contributed by atoms with Crippen molar-refractivity contribution in [3.63, 3.8) is 0 Å². The molecule has 1 heterocycles. The lowest BCUT2D eigenvalue weighted by atomic mass is 10.1. The fourth-order valence-corrected chi connectivity index (χ4v) is 2.00. The van der Waals surface area contributed by atoms with E-state index in [1.807, 2.05) is 0 Å². The van der Waals surface area contributed by atoms with Crippen LogP contribution in [0, 0.1) is 0 Å². The van der Waals surface area contributed by atoms with Crippen LogP contribution in [0.4, 0.5) is 18.9 Å². The molecule has 0 saturated carbocycles. The van der Waals surface area contributed by atoms with Gasteiger partial charge in [-0.15, -0.1) is 0 Å². The molecule has 1 amide bonds. The zero-order valence-electron chi connectivity index (χ0n) is 8.99. The summed E-state index contributed by atoms with van der Waals surface area (Å²) in [7, 11) is 0. The SMILES string of the molecule is O=C(O)c1cccc2c1CCN2C(=O)C(F)(F)F. The third kappa shape index (κ3) is 1.92. The van der Waals surface area contributed by atoms with Crippen LogP contribution in [0.1, 0.15) is 15.9 Å². The second kappa shape index (κ2) is 4.01. The molecule has 0 unspecified atom stereocenters. The summed E-state index contributed by atoms with van der Waals surface area (Å²) in [6, 6.07) is 3.95. The molecular weight excluding hydrogens is 251 g/mol. The molecule has 0 saturated heterocycles. The Morgan fingerprint density at radius 3 is 2.50 bits per heavy atom. The van der Waals surface area contributed by atoms with Crippen LogP contribution in [-0.4, -0.2) is 29.7 Å². The van der Waals surface area contributed by atoms with Gasteiger partial charge in [-0.2, -0.15) is 13.2 Å². The van der Waals surface area contributed by atoms with Gasteiger partial charge in [0.15, 0.2) is 0 Å². The Labute approximate surface area is 99.6 Å². The van der Waals surface area contributed by atoms with E-state index >= 15 is 0 Å². The number of nitrogens with zero attached hydrogens (tertiary/aromatic N) is 1. The van der Waals surface area contributed by atoms with E-state index in [2.05, 4.69) is 0 Å². The normalized spacial score (nSPS) is 14.5. The van der Waals surface area contributed by atoms with Gasteiger partial charge in [-0.3, -0.25) is 4.79 Å². The van der Waals surface area contributed by atoms with Crippen molar-refractivity contribution in [1.82, 2.24) is 0 Å². The predicted octanol–water partition coefficient (Wildman–Crippen LogP) is 1.84. The summed E-state index contributed by atoms with van der Waals surface area (Å²) in [5.74, 6) is -3.18. The van der Waals surface area contributed by atoms with Crippen molar-refractivity contribution in [3.8, 4) is 0 Å². The van der Waals surface area contributed by atoms with Crippen molar-refractivity contribution in [3.05, 3.63) is 29.3 Å². The Hall–Kier alpha value is -2.05. The van der Waals surface area contributed by atoms with Crippen molar-refractivity contribution in [2.24, 2.45) is 0 Å². The molecule has 1 aliphatic rings. The average Bonchev–Trinajstić information content (AvgIpc) is 2.69. The third-order valence-corrected chi connectivity index (χ3v) is 2.75. The first kappa shape index (κ1) is 12.4. The van der Waals surface area contributed by atoms with E-state index in [-0.39, 0.29) is 29.8 Å². The van der Waals surface area contributed by atoms with Crippen LogP contribution in [0.5, 0.6) is 0 Å². The smallest absolute Gasteiger partial charge is 0.471 e. The van der Waals surface area contributed by atoms with Crippen molar-refractivity contribution in [2.75, 3.05) is 11.4 Å². The van der Waals surface area contributed by atoms with Crippen LogP contribution in [0.2, 0.25) is 0 Å². The number of hydrogen-bond donors (Lipinski definition) is 1. The van der Waals surface area contributed by atoms with Gasteiger partial charge in [-0.25, -0.2) is 4.79 Å². The number of anilines is 1. The number of alkyl halides is 3. The van der Waals surface area contributed by atoms with Gasteiger partial charge in [0, 0.05) is 12.2 Å². The number of carbonyl (C=O) groups excluding carboxylic acids is 1. The molecule has 0 aromatic heterocycles. The van der Waals surface area contributed by atoms with Gasteiger partial charge in [-0.1, -0.05) is 6.07 Å². The summed E-state index contributed by atoms with van der Waals surface area (Å²) < 4.78 is 37.0. The monoisotopic (exact) mass is 259 g/mol. The zero-order valence-corrected chi connectivity index (χ0v) is 8.99. The Morgan fingerprint density at radius 2 is 1.94 bits per heavy atom. The summed E-state index contributed by atoms with van der Waals surface area (Å²) in [4.78, 5) is 22.6. The molecule has 0 fully saturated rings. The Bertz CT molecular complexity index is 525. The van der Waals surface area contributed by atoms with E-state index in [0.717, 1.165) is 0 Å². The number of benzene rings is 1. The van der Waals surface area contributed by atoms with E-state index < -0.39 is 18.1 Å². The van der Waals surface area contributed by atoms with Crippen molar-refractivity contribution in [2.45, 2.75) is 12.6 Å². The number of aromatic carboxylic acids is 1. The maximum atomic E-state index is 12.3. The molecule has 96 valence electrons. The van der Waals surface area contributed by atoms with Gasteiger partial charge >= 0.3 is 18.1 Å². The van der Waals surface area contributed by atoms with E-state index in [4.69, 9.17) is 5.11 Å². The minimum Gasteiger partial charge on any atom is -0.478 e. The molecule has 1 aromatic rings. The fraction of sp³-hybridized carbons (Fsp3) is 0.273. The topological polar surface area (TPSA) is 57.6 Å². The number of amides is 1. The van der Waals surface area contributed by atoms with Gasteiger partial charge in [-0.05, 0) is 24.1 Å². The van der Waals surface area contributed by atoms with Gasteiger partial charge in [0.2, 0.25) is 0 Å². The van der Waals surface area contributed by atoms with Crippen molar-refractivity contribution >= 4 is 17.6 Å². The summed E-state index contributed by atoms with van der Waals surface area (Å²) in [6.45, 7) is -0.155. The molecule has 1 aromatic carbocycles. The molecule has 0 radical (unpaired) electrons. The molecule has 2 rings (SSSR count). The Kier molecular flexibility index (Phi) is 2.76. The van der Waals surface area contributed by atoms with Crippen LogP contribution >= 0.6 is 0 Å². The predicted molar refractivity (Wildman–Crippen MR) is 55.5 cm³/mol. The molecule has 1 aliphatic heterocycles. The highest BCUT2D eigenvalue weighted by molar-refractivity contribution is 6.01. The number of halogens is 3. The van der Waals surface area contributed by atoms with E-state index in [1.165, 1.54) is 18.2 Å². The standard InChI is InChI=1S/C11H8F3NO3/c12-11(13,14)10(18)15-5-4-6-7(9(16)17)2-1-3-8(6)15/h1-3H,4-5H2,(H,16,17). The van der Waals surface area contributed by atoms with E-state index in [1.54, 1.807) is 0 Å². The quantitative estimate of drug-likeness (QED) is 0.837. The number of rotatable bonds is 1. The lowest BCUT2D eigenvalue weighted by Crippen LogP contribution is -2.40. The molecule has 18 heavy (non-hydrogen) atoms. The van der Waals surface area contributed by atoms with Crippen LogP contribution < -0.4 is 4.90 Å². The van der Waals surface area contributed by atoms with Crippen LogP contribution in [0.3, 0.4) is 0 Å². The summed E-state index contributed by atoms with van der Waals surface area (Å²) in [6.07, 6.45) is -4.85. The number of carboxylic acid groups (broad SMARTS) is 1. The van der Waals surface area contributed by atoms with Gasteiger partial charge in [0.1, 0.15) is 0 Å². The van der Waals surface area contributed by atoms with Crippen molar-refractivity contribution < 1.29 is 27.9 Å². The fourth-order valence-electron chi connectivity index (χ4n) is 2.00. The number of hydrogen-bond acceptors (Lipinski definition) is 2. The first-order valence-electron chi connectivity index (χ1n) is 5.06. The number of carboxylic acids is 1. The maximum absolute atomic E-state index is 12.3. The highest BCUT2D eigenvalue weighted by atomic mass is 19.4. The molecule has 0 atom stereocenters. The zero-order chi connectivity index (χ0) is 13.5. The number of carbonyl (C=O) groups is 2. The highest BCUT2D eigenvalue weighted by Gasteiger charge is 2.45. The third-order valence-electron chi connectivity index (χ3n) is 2.75. The van der Waals surface area contributed by atoms with Crippen LogP contribution in [0.15, 0.2) is 18.2 Å². The molecule has 1 N–H and O–H groups in total. The average molecular weight is 259 g/mol. The largest absolute Gasteiger partial charge is 0.478 e.